The van der Waals surface area contributed by atoms with Crippen molar-refractivity contribution in [3.63, 3.8) is 0 Å². The lowest BCUT2D eigenvalue weighted by molar-refractivity contribution is 0.255. The molecule has 0 bridgehead atoms. The van der Waals surface area contributed by atoms with E-state index in [1.807, 2.05) is 12.3 Å². The van der Waals surface area contributed by atoms with Gasteiger partial charge in [0.05, 0.1) is 0 Å². The molecular weight excluding hydrogens is 198 g/mol. The second-order valence-corrected chi connectivity index (χ2v) is 4.77. The number of anilines is 1. The lowest BCUT2D eigenvalue weighted by Gasteiger charge is -2.21. The highest BCUT2D eigenvalue weighted by molar-refractivity contribution is 5.29. The van der Waals surface area contributed by atoms with Gasteiger partial charge < -0.3 is 5.73 Å². The maximum atomic E-state index is 5.58. The maximum Gasteiger partial charge on any atom is 0.123 e. The van der Waals surface area contributed by atoms with Crippen LogP contribution in [-0.2, 0) is 6.54 Å². The van der Waals surface area contributed by atoms with Crippen molar-refractivity contribution in [2.24, 2.45) is 5.92 Å². The molecule has 0 amide bonds. The third-order valence-corrected chi connectivity index (χ3v) is 3.01. The highest BCUT2D eigenvalue weighted by Crippen LogP contribution is 2.30. The Morgan fingerprint density at radius 1 is 1.44 bits per heavy atom. The predicted molar refractivity (Wildman–Crippen MR) is 66.9 cm³/mol. The minimum absolute atomic E-state index is 0.605. The molecule has 1 fully saturated rings. The van der Waals surface area contributed by atoms with E-state index in [-0.39, 0.29) is 0 Å². The SMILES string of the molecule is CCCN(Cc1ccc(N)nc1)CC1CC1. The van der Waals surface area contributed by atoms with Crippen molar-refractivity contribution in [1.29, 1.82) is 0 Å². The summed E-state index contributed by atoms with van der Waals surface area (Å²) >= 11 is 0. The molecular formula is C13H21N3. The van der Waals surface area contributed by atoms with Gasteiger partial charge in [-0.05, 0) is 43.4 Å². The summed E-state index contributed by atoms with van der Waals surface area (Å²) in [6.07, 6.45) is 5.94. The van der Waals surface area contributed by atoms with Crippen molar-refractivity contribution in [3.8, 4) is 0 Å². The smallest absolute Gasteiger partial charge is 0.123 e. The standard InChI is InChI=1S/C13H21N3/c1-2-7-16(9-11-3-4-11)10-12-5-6-13(14)15-8-12/h5-6,8,11H,2-4,7,9-10H2,1H3,(H2,14,15). The van der Waals surface area contributed by atoms with Crippen LogP contribution < -0.4 is 5.73 Å². The van der Waals surface area contributed by atoms with E-state index in [0.29, 0.717) is 5.82 Å². The van der Waals surface area contributed by atoms with Crippen LogP contribution in [0.1, 0.15) is 31.7 Å². The largest absolute Gasteiger partial charge is 0.384 e. The monoisotopic (exact) mass is 219 g/mol. The number of rotatable bonds is 6. The number of hydrogen-bond acceptors (Lipinski definition) is 3. The Hall–Kier alpha value is -1.09. The highest BCUT2D eigenvalue weighted by Gasteiger charge is 2.23. The summed E-state index contributed by atoms with van der Waals surface area (Å²) in [5.74, 6) is 1.56. The molecule has 1 aliphatic rings. The van der Waals surface area contributed by atoms with E-state index >= 15 is 0 Å². The first kappa shape index (κ1) is 11.4. The molecule has 3 nitrogen and oxygen atoms in total. The van der Waals surface area contributed by atoms with Gasteiger partial charge in [0.2, 0.25) is 0 Å². The third kappa shape index (κ3) is 3.49. The van der Waals surface area contributed by atoms with Crippen LogP contribution in [0.5, 0.6) is 0 Å². The van der Waals surface area contributed by atoms with Gasteiger partial charge in [0, 0.05) is 19.3 Å². The average Bonchev–Trinajstić information content (AvgIpc) is 3.06. The Morgan fingerprint density at radius 3 is 2.81 bits per heavy atom. The summed E-state index contributed by atoms with van der Waals surface area (Å²) in [5, 5.41) is 0. The van der Waals surface area contributed by atoms with Crippen molar-refractivity contribution < 1.29 is 0 Å². The van der Waals surface area contributed by atoms with Crippen molar-refractivity contribution in [1.82, 2.24) is 9.88 Å². The molecule has 1 saturated carbocycles. The van der Waals surface area contributed by atoms with Gasteiger partial charge in [0.1, 0.15) is 5.82 Å². The van der Waals surface area contributed by atoms with Crippen molar-refractivity contribution >= 4 is 5.82 Å². The average molecular weight is 219 g/mol. The van der Waals surface area contributed by atoms with Gasteiger partial charge in [-0.15, -0.1) is 0 Å². The van der Waals surface area contributed by atoms with Crippen LogP contribution in [-0.4, -0.2) is 23.0 Å². The van der Waals surface area contributed by atoms with Crippen LogP contribution in [0.3, 0.4) is 0 Å². The van der Waals surface area contributed by atoms with Crippen LogP contribution in [0.2, 0.25) is 0 Å². The topological polar surface area (TPSA) is 42.1 Å². The predicted octanol–water partition coefficient (Wildman–Crippen LogP) is 2.29. The van der Waals surface area contributed by atoms with Gasteiger partial charge in [-0.2, -0.15) is 0 Å². The van der Waals surface area contributed by atoms with Crippen LogP contribution >= 0.6 is 0 Å². The zero-order valence-electron chi connectivity index (χ0n) is 10.0. The van der Waals surface area contributed by atoms with Crippen LogP contribution in [0.15, 0.2) is 18.3 Å². The normalized spacial score (nSPS) is 15.6. The Kier molecular flexibility index (Phi) is 3.78. The van der Waals surface area contributed by atoms with Gasteiger partial charge in [-0.3, -0.25) is 4.90 Å². The molecule has 88 valence electrons. The summed E-state index contributed by atoms with van der Waals surface area (Å²) in [7, 11) is 0. The summed E-state index contributed by atoms with van der Waals surface area (Å²) in [6, 6.07) is 3.97. The molecule has 2 N–H and O–H groups in total. The molecule has 1 heterocycles. The second-order valence-electron chi connectivity index (χ2n) is 4.77. The molecule has 0 atom stereocenters. The molecule has 1 aromatic heterocycles. The number of pyridine rings is 1. The Balaban J connectivity index is 1.90. The molecule has 1 aromatic rings. The van der Waals surface area contributed by atoms with E-state index in [4.69, 9.17) is 5.73 Å². The number of nitrogens with two attached hydrogens (primary N) is 1. The van der Waals surface area contributed by atoms with E-state index < -0.39 is 0 Å². The van der Waals surface area contributed by atoms with E-state index in [1.165, 1.54) is 37.9 Å². The summed E-state index contributed by atoms with van der Waals surface area (Å²) < 4.78 is 0. The molecule has 0 spiro atoms. The van der Waals surface area contributed by atoms with E-state index in [0.717, 1.165) is 12.5 Å². The number of hydrogen-bond donors (Lipinski definition) is 1. The van der Waals surface area contributed by atoms with Gasteiger partial charge in [0.15, 0.2) is 0 Å². The fourth-order valence-electron chi connectivity index (χ4n) is 2.00. The Morgan fingerprint density at radius 2 is 2.25 bits per heavy atom. The maximum absolute atomic E-state index is 5.58. The first-order valence-electron chi connectivity index (χ1n) is 6.20. The number of nitrogens with zero attached hydrogens (tertiary/aromatic N) is 2. The van der Waals surface area contributed by atoms with E-state index in [1.54, 1.807) is 0 Å². The lowest BCUT2D eigenvalue weighted by Crippen LogP contribution is -2.26. The molecule has 0 aromatic carbocycles. The first-order valence-corrected chi connectivity index (χ1v) is 6.20. The number of nitrogen functional groups attached to an aromatic ring is 1. The van der Waals surface area contributed by atoms with Crippen LogP contribution in [0.25, 0.3) is 0 Å². The second kappa shape index (κ2) is 5.30. The van der Waals surface area contributed by atoms with Crippen molar-refractivity contribution in [3.05, 3.63) is 23.9 Å². The first-order chi connectivity index (χ1) is 7.78. The highest BCUT2D eigenvalue weighted by atomic mass is 15.1. The molecule has 0 unspecified atom stereocenters. The Bertz CT molecular complexity index is 316. The summed E-state index contributed by atoms with van der Waals surface area (Å²) in [5.41, 5.74) is 6.85. The van der Waals surface area contributed by atoms with Crippen LogP contribution in [0.4, 0.5) is 5.82 Å². The zero-order chi connectivity index (χ0) is 11.4. The van der Waals surface area contributed by atoms with Crippen molar-refractivity contribution in [2.45, 2.75) is 32.7 Å². The minimum Gasteiger partial charge on any atom is -0.384 e. The lowest BCUT2D eigenvalue weighted by atomic mass is 10.2. The van der Waals surface area contributed by atoms with Gasteiger partial charge in [-0.1, -0.05) is 13.0 Å². The molecule has 16 heavy (non-hydrogen) atoms. The van der Waals surface area contributed by atoms with E-state index in [9.17, 15) is 0 Å². The molecule has 3 heteroatoms. The zero-order valence-corrected chi connectivity index (χ0v) is 10.0. The molecule has 0 radical (unpaired) electrons. The fraction of sp³-hybridized carbons (Fsp3) is 0.615. The fourth-order valence-corrected chi connectivity index (χ4v) is 2.00. The summed E-state index contributed by atoms with van der Waals surface area (Å²) in [6.45, 7) is 5.68. The van der Waals surface area contributed by atoms with E-state index in [2.05, 4.69) is 22.9 Å². The molecule has 1 aliphatic carbocycles. The van der Waals surface area contributed by atoms with Crippen molar-refractivity contribution in [2.75, 3.05) is 18.8 Å². The minimum atomic E-state index is 0.605. The quantitative estimate of drug-likeness (QED) is 0.798. The van der Waals surface area contributed by atoms with Gasteiger partial charge >= 0.3 is 0 Å². The summed E-state index contributed by atoms with van der Waals surface area (Å²) in [4.78, 5) is 6.67. The number of aromatic nitrogens is 1. The third-order valence-electron chi connectivity index (χ3n) is 3.01. The van der Waals surface area contributed by atoms with Gasteiger partial charge in [-0.25, -0.2) is 4.98 Å². The Labute approximate surface area is 97.7 Å². The molecule has 0 saturated heterocycles. The van der Waals surface area contributed by atoms with Gasteiger partial charge in [0.25, 0.3) is 0 Å². The van der Waals surface area contributed by atoms with Crippen LogP contribution in [0, 0.1) is 5.92 Å². The molecule has 0 aliphatic heterocycles. The molecule has 2 rings (SSSR count).